The molecule has 0 spiro atoms. The highest BCUT2D eigenvalue weighted by Crippen LogP contribution is 2.41. The van der Waals surface area contributed by atoms with E-state index >= 15 is 0 Å². The molecule has 0 radical (unpaired) electrons. The Labute approximate surface area is 213 Å². The van der Waals surface area contributed by atoms with Gasteiger partial charge in [0.15, 0.2) is 5.82 Å². The molecule has 3 atom stereocenters. The average Bonchev–Trinajstić information content (AvgIpc) is 3.47. The third-order valence-corrected chi connectivity index (χ3v) is 8.65. The Kier molecular flexibility index (Phi) is 6.54. The first-order valence-electron chi connectivity index (χ1n) is 13.7. The van der Waals surface area contributed by atoms with Gasteiger partial charge in [0.25, 0.3) is 0 Å². The molecule has 4 heterocycles. The molecule has 2 aliphatic heterocycles. The maximum atomic E-state index is 5.59. The molecule has 3 fully saturated rings. The minimum absolute atomic E-state index is 0.411. The monoisotopic (exact) mass is 493 g/mol. The van der Waals surface area contributed by atoms with Gasteiger partial charge in [-0.1, -0.05) is 0 Å². The number of aryl methyl sites for hydroxylation is 1. The Morgan fingerprint density at radius 2 is 1.75 bits per heavy atom. The second kappa shape index (κ2) is 9.95. The zero-order chi connectivity index (χ0) is 24.6. The maximum Gasteiger partial charge on any atom is 0.227 e. The van der Waals surface area contributed by atoms with Gasteiger partial charge in [0.2, 0.25) is 5.95 Å². The van der Waals surface area contributed by atoms with Crippen LogP contribution in [-0.2, 0) is 4.74 Å². The van der Waals surface area contributed by atoms with Gasteiger partial charge in [-0.15, -0.1) is 0 Å². The van der Waals surface area contributed by atoms with E-state index in [1.54, 1.807) is 0 Å². The molecule has 0 bridgehead atoms. The van der Waals surface area contributed by atoms with Crippen molar-refractivity contribution in [2.24, 2.45) is 11.0 Å². The number of nitrogens with zero attached hydrogens (tertiary/aromatic N) is 7. The highest BCUT2D eigenvalue weighted by atomic mass is 16.5. The highest BCUT2D eigenvalue weighted by Gasteiger charge is 2.39. The van der Waals surface area contributed by atoms with Crippen LogP contribution in [0, 0.1) is 12.8 Å². The quantitative estimate of drug-likeness (QED) is 0.652. The van der Waals surface area contributed by atoms with Crippen molar-refractivity contribution in [1.82, 2.24) is 30.2 Å². The third-order valence-electron chi connectivity index (χ3n) is 8.65. The number of fused-ring (bicyclic) bond motifs is 1. The van der Waals surface area contributed by atoms with Gasteiger partial charge < -0.3 is 15.0 Å². The molecule has 10 heteroatoms. The van der Waals surface area contributed by atoms with Crippen molar-refractivity contribution in [2.45, 2.75) is 82.7 Å². The van der Waals surface area contributed by atoms with Crippen molar-refractivity contribution in [1.29, 1.82) is 0 Å². The molecule has 2 aromatic heterocycles. The average molecular weight is 494 g/mol. The molecule has 36 heavy (non-hydrogen) atoms. The molecule has 2 aliphatic carbocycles. The van der Waals surface area contributed by atoms with Gasteiger partial charge in [-0.3, -0.25) is 10.1 Å². The molecule has 3 unspecified atom stereocenters. The van der Waals surface area contributed by atoms with Crippen LogP contribution < -0.4 is 10.2 Å². The number of hydrazone groups is 1. The summed E-state index contributed by atoms with van der Waals surface area (Å²) in [4.78, 5) is 17.0. The minimum atomic E-state index is 0.411. The van der Waals surface area contributed by atoms with E-state index in [4.69, 9.17) is 19.8 Å². The molecule has 10 nitrogen and oxygen atoms in total. The highest BCUT2D eigenvalue weighted by molar-refractivity contribution is 5.86. The topological polar surface area (TPSA) is 107 Å². The Morgan fingerprint density at radius 3 is 2.50 bits per heavy atom. The van der Waals surface area contributed by atoms with E-state index in [0.717, 1.165) is 88.2 Å². The number of anilines is 2. The molecule has 0 aromatic carbocycles. The number of morpholine rings is 1. The summed E-state index contributed by atoms with van der Waals surface area (Å²) in [7, 11) is 2.12. The first kappa shape index (κ1) is 23.6. The smallest absolute Gasteiger partial charge is 0.227 e. The van der Waals surface area contributed by atoms with Crippen molar-refractivity contribution in [2.75, 3.05) is 43.6 Å². The Bertz CT molecular complexity index is 1090. The molecular weight excluding hydrogens is 454 g/mol. The second-order valence-electron chi connectivity index (χ2n) is 11.0. The van der Waals surface area contributed by atoms with E-state index in [9.17, 15) is 0 Å². The fourth-order valence-corrected chi connectivity index (χ4v) is 6.60. The van der Waals surface area contributed by atoms with Crippen LogP contribution in [0.15, 0.2) is 11.2 Å². The Balaban J connectivity index is 1.18. The number of ether oxygens (including phenoxy) is 1. The summed E-state index contributed by atoms with van der Waals surface area (Å²) < 4.78 is 5.59. The number of aromatic nitrogens is 5. The van der Waals surface area contributed by atoms with E-state index in [2.05, 4.69) is 50.4 Å². The van der Waals surface area contributed by atoms with Crippen molar-refractivity contribution in [3.05, 3.63) is 23.4 Å². The Hall–Kier alpha value is -2.75. The SMILES string of the molecule is CC1=NN(C)C2CC(c3cc(NC4CCC(c5n[nH]c(C)n5)CC4)nc(N4CCOCC4)n3)CCC12. The van der Waals surface area contributed by atoms with Gasteiger partial charge in [0.1, 0.15) is 11.6 Å². The lowest BCUT2D eigenvalue weighted by Gasteiger charge is -2.35. The molecule has 1 saturated heterocycles. The minimum Gasteiger partial charge on any atom is -0.378 e. The number of nitrogens with one attached hydrogen (secondary N) is 2. The normalized spacial score (nSPS) is 30.8. The number of aromatic amines is 1. The number of hydrogen-bond acceptors (Lipinski definition) is 9. The standard InChI is InChI=1S/C26H39N9O/c1-16-21-9-6-19(14-23(21)34(3)33-16)22-15-24(30-26(29-22)35-10-12-36-13-11-35)28-20-7-4-18(5-8-20)25-27-17(2)31-32-25/h15,18-21,23H,4-14H2,1-3H3,(H,27,31,32)(H,28,29,30). The summed E-state index contributed by atoms with van der Waals surface area (Å²) in [5.74, 6) is 5.15. The van der Waals surface area contributed by atoms with Crippen molar-refractivity contribution in [3.63, 3.8) is 0 Å². The van der Waals surface area contributed by atoms with Gasteiger partial charge in [-0.25, -0.2) is 9.97 Å². The van der Waals surface area contributed by atoms with Crippen LogP contribution in [0.25, 0.3) is 0 Å². The predicted octanol–water partition coefficient (Wildman–Crippen LogP) is 3.45. The lowest BCUT2D eigenvalue weighted by Crippen LogP contribution is -2.38. The van der Waals surface area contributed by atoms with Crippen molar-refractivity contribution >= 4 is 17.5 Å². The first-order chi connectivity index (χ1) is 17.5. The molecule has 0 amide bonds. The lowest BCUT2D eigenvalue weighted by atomic mass is 9.76. The van der Waals surface area contributed by atoms with Gasteiger partial charge in [0.05, 0.1) is 24.9 Å². The number of H-pyrrole nitrogens is 1. The summed E-state index contributed by atoms with van der Waals surface area (Å²) in [6.07, 6.45) is 7.82. The summed E-state index contributed by atoms with van der Waals surface area (Å²) in [5.41, 5.74) is 2.46. The van der Waals surface area contributed by atoms with Crippen molar-refractivity contribution in [3.8, 4) is 0 Å². The Morgan fingerprint density at radius 1 is 0.972 bits per heavy atom. The molecule has 4 aliphatic rings. The summed E-state index contributed by atoms with van der Waals surface area (Å²) in [6, 6.07) is 3.12. The fourth-order valence-electron chi connectivity index (χ4n) is 6.60. The van der Waals surface area contributed by atoms with E-state index in [0.29, 0.717) is 29.8 Å². The lowest BCUT2D eigenvalue weighted by molar-refractivity contribution is 0.122. The zero-order valence-electron chi connectivity index (χ0n) is 21.8. The summed E-state index contributed by atoms with van der Waals surface area (Å²) in [6.45, 7) is 7.30. The predicted molar refractivity (Wildman–Crippen MR) is 140 cm³/mol. The molecule has 2 saturated carbocycles. The fraction of sp³-hybridized carbons (Fsp3) is 0.731. The van der Waals surface area contributed by atoms with Crippen LogP contribution in [0.4, 0.5) is 11.8 Å². The van der Waals surface area contributed by atoms with Crippen LogP contribution >= 0.6 is 0 Å². The van der Waals surface area contributed by atoms with Crippen molar-refractivity contribution < 1.29 is 4.74 Å². The molecular formula is C26H39N9O. The molecule has 194 valence electrons. The van der Waals surface area contributed by atoms with E-state index in [1.165, 1.54) is 17.8 Å². The van der Waals surface area contributed by atoms with E-state index < -0.39 is 0 Å². The zero-order valence-corrected chi connectivity index (χ0v) is 21.8. The molecule has 6 rings (SSSR count). The van der Waals surface area contributed by atoms with Gasteiger partial charge in [-0.2, -0.15) is 15.2 Å². The summed E-state index contributed by atoms with van der Waals surface area (Å²) in [5, 5.41) is 18.1. The van der Waals surface area contributed by atoms with Crippen LogP contribution in [0.1, 0.15) is 81.0 Å². The van der Waals surface area contributed by atoms with Gasteiger partial charge in [0, 0.05) is 55.7 Å². The first-order valence-corrected chi connectivity index (χ1v) is 13.7. The van der Waals surface area contributed by atoms with Crippen LogP contribution in [0.2, 0.25) is 0 Å². The third kappa shape index (κ3) is 4.79. The summed E-state index contributed by atoms with van der Waals surface area (Å²) >= 11 is 0. The van der Waals surface area contributed by atoms with Crippen LogP contribution in [0.5, 0.6) is 0 Å². The number of hydrogen-bond donors (Lipinski definition) is 2. The maximum absolute atomic E-state index is 5.59. The van der Waals surface area contributed by atoms with E-state index in [-0.39, 0.29) is 0 Å². The second-order valence-corrected chi connectivity index (χ2v) is 11.0. The molecule has 2 aromatic rings. The molecule has 2 N–H and O–H groups in total. The van der Waals surface area contributed by atoms with Crippen LogP contribution in [0.3, 0.4) is 0 Å². The van der Waals surface area contributed by atoms with Crippen LogP contribution in [-0.4, -0.2) is 81.3 Å². The number of rotatable bonds is 5. The van der Waals surface area contributed by atoms with Gasteiger partial charge in [-0.05, 0) is 58.8 Å². The van der Waals surface area contributed by atoms with E-state index in [1.807, 2.05) is 6.92 Å². The largest absolute Gasteiger partial charge is 0.378 e. The van der Waals surface area contributed by atoms with Gasteiger partial charge >= 0.3 is 0 Å².